The Kier molecular flexibility index (Phi) is 6.20. The second-order valence-corrected chi connectivity index (χ2v) is 7.97. The third-order valence-electron chi connectivity index (χ3n) is 5.96. The number of rotatable bonds is 5. The van der Waals surface area contributed by atoms with E-state index in [-0.39, 0.29) is 25.5 Å². The Bertz CT molecular complexity index is 905. The topological polar surface area (TPSA) is 107 Å². The van der Waals surface area contributed by atoms with E-state index in [1.165, 1.54) is 25.0 Å². The van der Waals surface area contributed by atoms with Gasteiger partial charge in [0.25, 0.3) is 0 Å². The summed E-state index contributed by atoms with van der Waals surface area (Å²) in [5.41, 5.74) is 0.653. The molecular formula is C21H26FN3O7. The van der Waals surface area contributed by atoms with Crippen LogP contribution in [-0.4, -0.2) is 76.4 Å². The number of nitrogens with zero attached hydrogens (tertiary/aromatic N) is 2. The summed E-state index contributed by atoms with van der Waals surface area (Å²) in [6, 6.07) is 4.46. The van der Waals surface area contributed by atoms with E-state index in [0.29, 0.717) is 37.6 Å². The van der Waals surface area contributed by atoms with Gasteiger partial charge in [-0.3, -0.25) is 14.5 Å². The van der Waals surface area contributed by atoms with Crippen LogP contribution in [-0.2, 0) is 28.5 Å². The van der Waals surface area contributed by atoms with Crippen molar-refractivity contribution in [1.82, 2.24) is 5.32 Å². The maximum Gasteiger partial charge on any atom is 0.414 e. The standard InChI is InChI=1S/C21H26FN3O7/c1-13(26)23-10-15-11-25(20(28)32-15)14-3-4-18(17(22)9-14)24-6-5-21(30-7-8-31-21)16(12-24)19(27)29-2/h3-4,9,15-16H,5-8,10-12H2,1-2H3,(H,23,26)/t15-,16?/m0/s1. The van der Waals surface area contributed by atoms with Crippen molar-refractivity contribution in [2.75, 3.05) is 56.3 Å². The number of halogens is 1. The Morgan fingerprint density at radius 2 is 2.03 bits per heavy atom. The molecule has 1 N–H and O–H groups in total. The number of hydrogen-bond acceptors (Lipinski definition) is 8. The largest absolute Gasteiger partial charge is 0.469 e. The normalized spacial score (nSPS) is 24.5. The molecule has 3 heterocycles. The van der Waals surface area contributed by atoms with Gasteiger partial charge in [-0.05, 0) is 18.2 Å². The summed E-state index contributed by atoms with van der Waals surface area (Å²) >= 11 is 0. The molecule has 3 fully saturated rings. The van der Waals surface area contributed by atoms with Gasteiger partial charge in [-0.2, -0.15) is 0 Å². The number of cyclic esters (lactones) is 1. The molecule has 174 valence electrons. The van der Waals surface area contributed by atoms with Crippen LogP contribution in [0.15, 0.2) is 18.2 Å². The number of amides is 2. The van der Waals surface area contributed by atoms with Crippen LogP contribution >= 0.6 is 0 Å². The first kappa shape index (κ1) is 22.3. The fourth-order valence-corrected chi connectivity index (χ4v) is 4.36. The van der Waals surface area contributed by atoms with Gasteiger partial charge in [-0.15, -0.1) is 0 Å². The third kappa shape index (κ3) is 4.22. The van der Waals surface area contributed by atoms with Gasteiger partial charge in [0.05, 0.1) is 44.8 Å². The Balaban J connectivity index is 1.48. The predicted octanol–water partition coefficient (Wildman–Crippen LogP) is 1.03. The number of carbonyl (C=O) groups excluding carboxylic acids is 3. The molecule has 4 rings (SSSR count). The summed E-state index contributed by atoms with van der Waals surface area (Å²) in [4.78, 5) is 38.7. The molecule has 2 atom stereocenters. The average Bonchev–Trinajstić information content (AvgIpc) is 3.39. The first-order valence-electron chi connectivity index (χ1n) is 10.5. The molecule has 3 saturated heterocycles. The molecule has 1 spiro atoms. The van der Waals surface area contributed by atoms with E-state index in [1.54, 1.807) is 17.0 Å². The zero-order valence-corrected chi connectivity index (χ0v) is 18.0. The molecule has 11 heteroatoms. The molecule has 1 unspecified atom stereocenters. The van der Waals surface area contributed by atoms with Crippen LogP contribution in [0.25, 0.3) is 0 Å². The van der Waals surface area contributed by atoms with Crippen molar-refractivity contribution in [1.29, 1.82) is 0 Å². The van der Waals surface area contributed by atoms with Crippen molar-refractivity contribution < 1.29 is 37.7 Å². The van der Waals surface area contributed by atoms with Gasteiger partial charge in [-0.25, -0.2) is 9.18 Å². The van der Waals surface area contributed by atoms with Crippen LogP contribution in [0.4, 0.5) is 20.6 Å². The van der Waals surface area contributed by atoms with Crippen molar-refractivity contribution in [3.8, 4) is 0 Å². The lowest BCUT2D eigenvalue weighted by molar-refractivity contribution is -0.214. The van der Waals surface area contributed by atoms with Gasteiger partial charge in [0, 0.05) is 26.4 Å². The molecule has 2 amide bonds. The van der Waals surface area contributed by atoms with Crippen LogP contribution in [0.1, 0.15) is 13.3 Å². The Hall–Kier alpha value is -2.92. The van der Waals surface area contributed by atoms with Crippen LogP contribution in [0.3, 0.4) is 0 Å². The maximum absolute atomic E-state index is 15.1. The highest BCUT2D eigenvalue weighted by atomic mass is 19.1. The summed E-state index contributed by atoms with van der Waals surface area (Å²) in [5, 5.41) is 2.60. The number of ether oxygens (including phenoxy) is 4. The highest BCUT2D eigenvalue weighted by Gasteiger charge is 2.52. The van der Waals surface area contributed by atoms with Gasteiger partial charge < -0.3 is 29.2 Å². The number of anilines is 2. The zero-order valence-electron chi connectivity index (χ0n) is 18.0. The quantitative estimate of drug-likeness (QED) is 0.662. The van der Waals surface area contributed by atoms with Crippen molar-refractivity contribution in [3.05, 3.63) is 24.0 Å². The van der Waals surface area contributed by atoms with Crippen LogP contribution in [0, 0.1) is 11.7 Å². The lowest BCUT2D eigenvalue weighted by atomic mass is 9.90. The summed E-state index contributed by atoms with van der Waals surface area (Å²) in [6.45, 7) is 3.15. The first-order chi connectivity index (χ1) is 15.3. The predicted molar refractivity (Wildman–Crippen MR) is 110 cm³/mol. The number of methoxy groups -OCH3 is 1. The number of hydrogen-bond donors (Lipinski definition) is 1. The van der Waals surface area contributed by atoms with E-state index in [2.05, 4.69) is 5.32 Å². The maximum atomic E-state index is 15.1. The third-order valence-corrected chi connectivity index (χ3v) is 5.96. The van der Waals surface area contributed by atoms with E-state index in [1.807, 2.05) is 0 Å². The molecule has 0 aromatic heterocycles. The average molecular weight is 451 g/mol. The fourth-order valence-electron chi connectivity index (χ4n) is 4.36. The van der Waals surface area contributed by atoms with Crippen molar-refractivity contribution >= 4 is 29.3 Å². The van der Waals surface area contributed by atoms with Gasteiger partial charge in [-0.1, -0.05) is 0 Å². The molecule has 32 heavy (non-hydrogen) atoms. The molecule has 0 radical (unpaired) electrons. The van der Waals surface area contributed by atoms with Crippen molar-refractivity contribution in [3.63, 3.8) is 0 Å². The molecule has 3 aliphatic heterocycles. The van der Waals surface area contributed by atoms with E-state index in [4.69, 9.17) is 18.9 Å². The smallest absolute Gasteiger partial charge is 0.414 e. The number of carbonyl (C=O) groups is 3. The van der Waals surface area contributed by atoms with Gasteiger partial charge >= 0.3 is 12.1 Å². The van der Waals surface area contributed by atoms with Crippen LogP contribution < -0.4 is 15.1 Å². The van der Waals surface area contributed by atoms with Crippen LogP contribution in [0.5, 0.6) is 0 Å². The van der Waals surface area contributed by atoms with Gasteiger partial charge in [0.15, 0.2) is 5.79 Å². The van der Waals surface area contributed by atoms with Gasteiger partial charge in [0.1, 0.15) is 17.8 Å². The SMILES string of the molecule is COC(=O)C1CN(c2ccc(N3C[C@H](CNC(C)=O)OC3=O)cc2F)CCC12OCCO2. The lowest BCUT2D eigenvalue weighted by Gasteiger charge is -2.43. The number of piperidine rings is 1. The van der Waals surface area contributed by atoms with E-state index in [0.717, 1.165) is 0 Å². The summed E-state index contributed by atoms with van der Waals surface area (Å²) in [7, 11) is 1.30. The zero-order chi connectivity index (χ0) is 22.9. The van der Waals surface area contributed by atoms with Gasteiger partial charge in [0.2, 0.25) is 5.91 Å². The van der Waals surface area contributed by atoms with Crippen LogP contribution in [0.2, 0.25) is 0 Å². The van der Waals surface area contributed by atoms with Crippen molar-refractivity contribution in [2.24, 2.45) is 5.92 Å². The monoisotopic (exact) mass is 451 g/mol. The number of nitrogens with one attached hydrogen (secondary N) is 1. The summed E-state index contributed by atoms with van der Waals surface area (Å²) in [6.07, 6.45) is -0.731. The Morgan fingerprint density at radius 3 is 2.69 bits per heavy atom. The van der Waals surface area contributed by atoms with E-state index >= 15 is 4.39 Å². The highest BCUT2D eigenvalue weighted by molar-refractivity contribution is 5.90. The Morgan fingerprint density at radius 1 is 1.28 bits per heavy atom. The van der Waals surface area contributed by atoms with Crippen molar-refractivity contribution in [2.45, 2.75) is 25.2 Å². The summed E-state index contributed by atoms with van der Waals surface area (Å²) in [5.74, 6) is -2.99. The first-order valence-corrected chi connectivity index (χ1v) is 10.5. The molecule has 0 saturated carbocycles. The second-order valence-electron chi connectivity index (χ2n) is 7.97. The minimum atomic E-state index is -1.04. The molecule has 0 bridgehead atoms. The number of benzene rings is 1. The molecule has 3 aliphatic rings. The molecule has 0 aliphatic carbocycles. The Labute approximate surface area is 184 Å². The molecule has 1 aromatic rings. The summed E-state index contributed by atoms with van der Waals surface area (Å²) < 4.78 is 36.7. The van der Waals surface area contributed by atoms with E-state index < -0.39 is 35.7 Å². The second kappa shape index (κ2) is 8.91. The highest BCUT2D eigenvalue weighted by Crippen LogP contribution is 2.39. The van der Waals surface area contributed by atoms with E-state index in [9.17, 15) is 14.4 Å². The molecule has 1 aromatic carbocycles. The minimum Gasteiger partial charge on any atom is -0.469 e. The molecule has 10 nitrogen and oxygen atoms in total. The number of esters is 1. The fraction of sp³-hybridized carbons (Fsp3) is 0.571. The molecular weight excluding hydrogens is 425 g/mol. The minimum absolute atomic E-state index is 0.174. The lowest BCUT2D eigenvalue weighted by Crippen LogP contribution is -2.56.